The highest BCUT2D eigenvalue weighted by Gasteiger charge is 2.04. The lowest BCUT2D eigenvalue weighted by Crippen LogP contribution is -2.22. The lowest BCUT2D eigenvalue weighted by Gasteiger charge is -2.06. The van der Waals surface area contributed by atoms with Crippen molar-refractivity contribution in [2.75, 3.05) is 6.54 Å². The molecule has 0 bridgehead atoms. The molecule has 1 aromatic heterocycles. The van der Waals surface area contributed by atoms with E-state index in [0.717, 1.165) is 11.3 Å². The van der Waals surface area contributed by atoms with Gasteiger partial charge in [-0.2, -0.15) is 0 Å². The maximum atomic E-state index is 10.2. The van der Waals surface area contributed by atoms with E-state index in [1.54, 1.807) is 12.3 Å². The summed E-state index contributed by atoms with van der Waals surface area (Å²) in [6, 6.07) is 1.78. The van der Waals surface area contributed by atoms with Gasteiger partial charge in [-0.1, -0.05) is 11.6 Å². The summed E-state index contributed by atoms with van der Waals surface area (Å²) < 4.78 is 0. The van der Waals surface area contributed by atoms with Crippen LogP contribution >= 0.6 is 23.2 Å². The predicted octanol–water partition coefficient (Wildman–Crippen LogP) is 2.67. The van der Waals surface area contributed by atoms with Crippen LogP contribution in [0.2, 0.25) is 5.02 Å². The summed E-state index contributed by atoms with van der Waals surface area (Å²) in [7, 11) is 0. The molecule has 0 aromatic carbocycles. The normalized spacial score (nSPS) is 10.1. The molecule has 0 saturated heterocycles. The maximum Gasteiger partial charge on any atom is 0.404 e. The van der Waals surface area contributed by atoms with E-state index in [2.05, 4.69) is 10.3 Å². The summed E-state index contributed by atoms with van der Waals surface area (Å²) in [5, 5.41) is 11.2. The van der Waals surface area contributed by atoms with Gasteiger partial charge in [0, 0.05) is 24.3 Å². The highest BCUT2D eigenvalue weighted by atomic mass is 35.5. The lowest BCUT2D eigenvalue weighted by molar-refractivity contribution is 0.194. The molecule has 0 saturated carbocycles. The van der Waals surface area contributed by atoms with Crippen LogP contribution in [0.4, 0.5) is 4.79 Å². The van der Waals surface area contributed by atoms with E-state index in [0.29, 0.717) is 30.3 Å². The van der Waals surface area contributed by atoms with Crippen molar-refractivity contribution in [2.24, 2.45) is 0 Å². The summed E-state index contributed by atoms with van der Waals surface area (Å²) >= 11 is 11.5. The summed E-state index contributed by atoms with van der Waals surface area (Å²) in [5.74, 6) is 0.356. The Morgan fingerprint density at radius 3 is 2.94 bits per heavy atom. The van der Waals surface area contributed by atoms with E-state index in [1.807, 2.05) is 0 Å². The van der Waals surface area contributed by atoms with E-state index in [4.69, 9.17) is 28.3 Å². The van der Waals surface area contributed by atoms with Gasteiger partial charge < -0.3 is 10.4 Å². The smallest absolute Gasteiger partial charge is 0.404 e. The average molecular weight is 263 g/mol. The second-order valence-corrected chi connectivity index (χ2v) is 3.93. The predicted molar refractivity (Wildman–Crippen MR) is 63.2 cm³/mol. The number of carboxylic acid groups (broad SMARTS) is 1. The quantitative estimate of drug-likeness (QED) is 0.634. The Morgan fingerprint density at radius 2 is 2.31 bits per heavy atom. The first kappa shape index (κ1) is 13.1. The lowest BCUT2D eigenvalue weighted by atomic mass is 10.1. The van der Waals surface area contributed by atoms with Crippen molar-refractivity contribution in [3.8, 4) is 0 Å². The monoisotopic (exact) mass is 262 g/mol. The fraction of sp³-hybridized carbons (Fsp3) is 0.400. The SMILES string of the molecule is O=C(O)NCCCc1ncc(Cl)cc1CCl. The number of hydrogen-bond donors (Lipinski definition) is 2. The summed E-state index contributed by atoms with van der Waals surface area (Å²) in [5.41, 5.74) is 1.76. The Labute approximate surface area is 104 Å². The zero-order valence-corrected chi connectivity index (χ0v) is 10.1. The Kier molecular flexibility index (Phi) is 5.35. The van der Waals surface area contributed by atoms with Crippen LogP contribution in [0.3, 0.4) is 0 Å². The Balaban J connectivity index is 2.50. The summed E-state index contributed by atoms with van der Waals surface area (Å²) in [6.07, 6.45) is 1.92. The van der Waals surface area contributed by atoms with Crippen molar-refractivity contribution in [1.82, 2.24) is 10.3 Å². The minimum absolute atomic E-state index is 0.356. The molecule has 0 atom stereocenters. The van der Waals surface area contributed by atoms with Gasteiger partial charge in [0.2, 0.25) is 0 Å². The third kappa shape index (κ3) is 4.24. The molecule has 1 heterocycles. The van der Waals surface area contributed by atoms with Gasteiger partial charge in [0.15, 0.2) is 0 Å². The molecule has 6 heteroatoms. The first-order chi connectivity index (χ1) is 7.63. The Morgan fingerprint density at radius 1 is 1.56 bits per heavy atom. The van der Waals surface area contributed by atoms with Crippen LogP contribution in [0.15, 0.2) is 12.3 Å². The van der Waals surface area contributed by atoms with Crippen LogP contribution in [-0.4, -0.2) is 22.7 Å². The molecular formula is C10H12Cl2N2O2. The van der Waals surface area contributed by atoms with Crippen LogP contribution in [0.25, 0.3) is 0 Å². The molecule has 4 nitrogen and oxygen atoms in total. The van der Waals surface area contributed by atoms with Gasteiger partial charge in [-0.25, -0.2) is 4.79 Å². The topological polar surface area (TPSA) is 62.2 Å². The van der Waals surface area contributed by atoms with Crippen LogP contribution < -0.4 is 5.32 Å². The zero-order valence-electron chi connectivity index (χ0n) is 8.54. The molecule has 88 valence electrons. The fourth-order valence-corrected chi connectivity index (χ4v) is 1.71. The number of rotatable bonds is 5. The van der Waals surface area contributed by atoms with Gasteiger partial charge in [-0.15, -0.1) is 11.6 Å². The third-order valence-corrected chi connectivity index (χ3v) is 2.53. The molecule has 0 spiro atoms. The van der Waals surface area contributed by atoms with Crippen molar-refractivity contribution >= 4 is 29.3 Å². The number of amides is 1. The summed E-state index contributed by atoms with van der Waals surface area (Å²) in [6.45, 7) is 0.404. The molecular weight excluding hydrogens is 251 g/mol. The largest absolute Gasteiger partial charge is 0.465 e. The van der Waals surface area contributed by atoms with Crippen molar-refractivity contribution in [3.63, 3.8) is 0 Å². The maximum absolute atomic E-state index is 10.2. The molecule has 0 unspecified atom stereocenters. The minimum Gasteiger partial charge on any atom is -0.465 e. The molecule has 0 fully saturated rings. The second kappa shape index (κ2) is 6.55. The third-order valence-electron chi connectivity index (χ3n) is 2.04. The number of aromatic nitrogens is 1. The molecule has 2 N–H and O–H groups in total. The number of nitrogens with one attached hydrogen (secondary N) is 1. The highest BCUT2D eigenvalue weighted by Crippen LogP contribution is 2.16. The zero-order chi connectivity index (χ0) is 12.0. The van der Waals surface area contributed by atoms with Crippen LogP contribution in [0.5, 0.6) is 0 Å². The number of aryl methyl sites for hydroxylation is 1. The first-order valence-electron chi connectivity index (χ1n) is 4.79. The molecule has 1 aromatic rings. The Hall–Kier alpha value is -1.000. The molecule has 16 heavy (non-hydrogen) atoms. The number of pyridine rings is 1. The second-order valence-electron chi connectivity index (χ2n) is 3.23. The van der Waals surface area contributed by atoms with Crippen molar-refractivity contribution in [3.05, 3.63) is 28.5 Å². The number of halogens is 2. The van der Waals surface area contributed by atoms with E-state index in [9.17, 15) is 4.79 Å². The molecule has 1 amide bonds. The first-order valence-corrected chi connectivity index (χ1v) is 5.70. The molecule has 0 aliphatic heterocycles. The molecule has 1 rings (SSSR count). The van der Waals surface area contributed by atoms with Crippen LogP contribution in [-0.2, 0) is 12.3 Å². The number of hydrogen-bond acceptors (Lipinski definition) is 2. The van der Waals surface area contributed by atoms with Crippen LogP contribution in [0.1, 0.15) is 17.7 Å². The molecule has 0 aliphatic carbocycles. The van der Waals surface area contributed by atoms with Crippen molar-refractivity contribution in [2.45, 2.75) is 18.7 Å². The van der Waals surface area contributed by atoms with Gasteiger partial charge in [0.1, 0.15) is 0 Å². The molecule has 0 aliphatic rings. The fourth-order valence-electron chi connectivity index (χ4n) is 1.30. The minimum atomic E-state index is -1.01. The van der Waals surface area contributed by atoms with Gasteiger partial charge in [0.05, 0.1) is 5.02 Å². The average Bonchev–Trinajstić information content (AvgIpc) is 2.25. The Bertz CT molecular complexity index is 372. The van der Waals surface area contributed by atoms with Gasteiger partial charge in [-0.3, -0.25) is 4.98 Å². The summed E-state index contributed by atoms with van der Waals surface area (Å²) in [4.78, 5) is 14.4. The number of carbonyl (C=O) groups is 1. The molecule has 0 radical (unpaired) electrons. The standard InChI is InChI=1S/C10H12Cl2N2O2/c11-5-7-4-8(12)6-14-9(7)2-1-3-13-10(15)16/h4,6,13H,1-3,5H2,(H,15,16). The highest BCUT2D eigenvalue weighted by molar-refractivity contribution is 6.30. The van der Waals surface area contributed by atoms with E-state index in [-0.39, 0.29) is 0 Å². The van der Waals surface area contributed by atoms with E-state index < -0.39 is 6.09 Å². The van der Waals surface area contributed by atoms with Crippen LogP contribution in [0, 0.1) is 0 Å². The van der Waals surface area contributed by atoms with E-state index in [1.165, 1.54) is 0 Å². The van der Waals surface area contributed by atoms with Crippen molar-refractivity contribution < 1.29 is 9.90 Å². The van der Waals surface area contributed by atoms with Gasteiger partial charge in [-0.05, 0) is 24.5 Å². The number of alkyl halides is 1. The van der Waals surface area contributed by atoms with Gasteiger partial charge >= 0.3 is 6.09 Å². The number of nitrogens with zero attached hydrogens (tertiary/aromatic N) is 1. The van der Waals surface area contributed by atoms with Gasteiger partial charge in [0.25, 0.3) is 0 Å². The van der Waals surface area contributed by atoms with Crippen molar-refractivity contribution in [1.29, 1.82) is 0 Å². The van der Waals surface area contributed by atoms with E-state index >= 15 is 0 Å².